The number of benzene rings is 4. The lowest BCUT2D eigenvalue weighted by atomic mass is 9.79. The molecule has 2 aliphatic heterocycles. The molecular formula is C39H38N2O7. The molecule has 0 aliphatic carbocycles. The Bertz CT molecular complexity index is 1890. The molecule has 9 nitrogen and oxygen atoms in total. The molecule has 3 heterocycles. The molecule has 2 saturated heterocycles. The highest BCUT2D eigenvalue weighted by molar-refractivity contribution is 5.48. The molecule has 246 valence electrons. The Kier molecular flexibility index (Phi) is 9.10. The number of ether oxygens (including phenoxy) is 5. The van der Waals surface area contributed by atoms with Gasteiger partial charge in [0.15, 0.2) is 6.29 Å². The van der Waals surface area contributed by atoms with Crippen molar-refractivity contribution < 1.29 is 23.7 Å². The van der Waals surface area contributed by atoms with Gasteiger partial charge >= 0.3 is 5.69 Å². The first-order valence-corrected chi connectivity index (χ1v) is 16.1. The second-order valence-electron chi connectivity index (χ2n) is 12.2. The molecule has 9 heteroatoms. The number of aromatic amines is 1. The quantitative estimate of drug-likeness (QED) is 0.210. The number of H-pyrrole nitrogens is 1. The van der Waals surface area contributed by atoms with Crippen LogP contribution >= 0.6 is 0 Å². The second-order valence-corrected chi connectivity index (χ2v) is 12.2. The average Bonchev–Trinajstić information content (AvgIpc) is 3.14. The monoisotopic (exact) mass is 646 g/mol. The minimum atomic E-state index is -1.04. The van der Waals surface area contributed by atoms with Crippen LogP contribution < -0.4 is 16.0 Å². The van der Waals surface area contributed by atoms with Gasteiger partial charge in [0.05, 0.1) is 39.1 Å². The molecule has 0 amide bonds. The highest BCUT2D eigenvalue weighted by atomic mass is 16.7. The summed E-state index contributed by atoms with van der Waals surface area (Å²) in [7, 11) is 1.64. The summed E-state index contributed by atoms with van der Waals surface area (Å²) in [6.07, 6.45) is 0.0860. The summed E-state index contributed by atoms with van der Waals surface area (Å²) in [4.78, 5) is 28.2. The summed E-state index contributed by atoms with van der Waals surface area (Å²) in [5, 5.41) is 0. The fourth-order valence-electron chi connectivity index (χ4n) is 6.88. The van der Waals surface area contributed by atoms with Gasteiger partial charge < -0.3 is 23.7 Å². The maximum atomic E-state index is 13.3. The molecule has 0 spiro atoms. The Balaban J connectivity index is 1.35. The van der Waals surface area contributed by atoms with E-state index in [1.165, 1.54) is 0 Å². The van der Waals surface area contributed by atoms with Gasteiger partial charge in [0, 0.05) is 23.2 Å². The SMILES string of the molecule is COc1ccc(C(OC[C@H]2[C@@H]3O[C@H](c4ccccc4)OC[C@H]3OC[C@H]2n2cc(C)c(=O)[nH]c2=O)(c2ccccc2)c2ccccc2)cc1. The van der Waals surface area contributed by atoms with Crippen LogP contribution in [0.5, 0.6) is 5.75 Å². The minimum Gasteiger partial charge on any atom is -0.497 e. The van der Waals surface area contributed by atoms with Crippen molar-refractivity contribution in [3.05, 3.63) is 170 Å². The van der Waals surface area contributed by atoms with Crippen LogP contribution in [0, 0.1) is 12.8 Å². The number of nitrogens with zero attached hydrogens (tertiary/aromatic N) is 1. The van der Waals surface area contributed by atoms with Gasteiger partial charge in [0.1, 0.15) is 17.5 Å². The Hall–Kier alpha value is -4.80. The van der Waals surface area contributed by atoms with E-state index in [0.29, 0.717) is 12.2 Å². The lowest BCUT2D eigenvalue weighted by molar-refractivity contribution is -0.303. The number of methoxy groups -OCH3 is 1. The van der Waals surface area contributed by atoms with Gasteiger partial charge in [-0.3, -0.25) is 14.3 Å². The molecule has 48 heavy (non-hydrogen) atoms. The molecule has 2 fully saturated rings. The smallest absolute Gasteiger partial charge is 0.328 e. The van der Waals surface area contributed by atoms with Crippen LogP contribution in [0.4, 0.5) is 0 Å². The topological polar surface area (TPSA) is 101 Å². The fraction of sp³-hybridized carbons (Fsp3) is 0.282. The highest BCUT2D eigenvalue weighted by Gasteiger charge is 2.48. The van der Waals surface area contributed by atoms with E-state index in [4.69, 9.17) is 23.7 Å². The van der Waals surface area contributed by atoms with Gasteiger partial charge in [-0.2, -0.15) is 0 Å². The van der Waals surface area contributed by atoms with Crippen LogP contribution in [0.15, 0.2) is 131 Å². The van der Waals surface area contributed by atoms with Crippen LogP contribution in [0.3, 0.4) is 0 Å². The van der Waals surface area contributed by atoms with Gasteiger partial charge in [0.2, 0.25) is 0 Å². The summed E-state index contributed by atoms with van der Waals surface area (Å²) in [5.74, 6) is 0.350. The minimum absolute atomic E-state index is 0.178. The van der Waals surface area contributed by atoms with Gasteiger partial charge in [-0.15, -0.1) is 0 Å². The van der Waals surface area contributed by atoms with E-state index >= 15 is 0 Å². The number of rotatable bonds is 9. The van der Waals surface area contributed by atoms with Crippen molar-refractivity contribution >= 4 is 0 Å². The number of hydrogen-bond donors (Lipinski definition) is 1. The predicted molar refractivity (Wildman–Crippen MR) is 180 cm³/mol. The Morgan fingerprint density at radius 2 is 1.40 bits per heavy atom. The predicted octanol–water partition coefficient (Wildman–Crippen LogP) is 5.53. The van der Waals surface area contributed by atoms with E-state index in [-0.39, 0.29) is 19.1 Å². The van der Waals surface area contributed by atoms with Gasteiger partial charge in [-0.05, 0) is 35.7 Å². The van der Waals surface area contributed by atoms with E-state index in [9.17, 15) is 9.59 Å². The van der Waals surface area contributed by atoms with Crippen molar-refractivity contribution in [2.75, 3.05) is 26.9 Å². The maximum Gasteiger partial charge on any atom is 0.328 e. The van der Waals surface area contributed by atoms with Crippen LogP contribution in [0.2, 0.25) is 0 Å². The summed E-state index contributed by atoms with van der Waals surface area (Å²) in [6.45, 7) is 2.38. The molecule has 0 unspecified atom stereocenters. The van der Waals surface area contributed by atoms with E-state index in [1.807, 2.05) is 91.0 Å². The number of hydrogen-bond acceptors (Lipinski definition) is 7. The van der Waals surface area contributed by atoms with Crippen LogP contribution in [-0.2, 0) is 24.5 Å². The van der Waals surface area contributed by atoms with Gasteiger partial charge in [-0.25, -0.2) is 4.79 Å². The molecule has 2 aliphatic rings. The van der Waals surface area contributed by atoms with Crippen molar-refractivity contribution in [1.29, 1.82) is 0 Å². The highest BCUT2D eigenvalue weighted by Crippen LogP contribution is 2.44. The van der Waals surface area contributed by atoms with E-state index in [2.05, 4.69) is 29.2 Å². The molecule has 0 radical (unpaired) electrons. The standard InChI is InChI=1S/C39H38N2O7/c1-26-22-41(38(43)40-36(26)42)33-24-45-34-25-46-37(27-12-6-3-7-13-27)48-35(34)32(33)23-47-39(28-14-8-4-9-15-28,29-16-10-5-11-17-29)30-18-20-31(44-2)21-19-30/h3-22,32-35,37H,23-25H2,1-2H3,(H,40,42,43)/t32-,33-,34-,35+,37-/m1/s1. The number of aromatic nitrogens is 2. The third kappa shape index (κ3) is 6.02. The third-order valence-corrected chi connectivity index (χ3v) is 9.38. The zero-order chi connectivity index (χ0) is 33.1. The van der Waals surface area contributed by atoms with E-state index < -0.39 is 41.4 Å². The van der Waals surface area contributed by atoms with E-state index in [0.717, 1.165) is 28.0 Å². The Morgan fingerprint density at radius 3 is 2.02 bits per heavy atom. The Morgan fingerprint density at radius 1 is 0.792 bits per heavy atom. The molecule has 5 aromatic rings. The largest absolute Gasteiger partial charge is 0.497 e. The zero-order valence-corrected chi connectivity index (χ0v) is 26.9. The molecule has 5 atom stereocenters. The molecule has 0 bridgehead atoms. The lowest BCUT2D eigenvalue weighted by Gasteiger charge is -2.48. The number of fused-ring (bicyclic) bond motifs is 1. The first-order valence-electron chi connectivity index (χ1n) is 16.1. The lowest BCUT2D eigenvalue weighted by Crippen LogP contribution is -2.56. The zero-order valence-electron chi connectivity index (χ0n) is 26.9. The molecule has 1 N–H and O–H groups in total. The second kappa shape index (κ2) is 13.7. The third-order valence-electron chi connectivity index (χ3n) is 9.38. The molecular weight excluding hydrogens is 608 g/mol. The van der Waals surface area contributed by atoms with Crippen LogP contribution in [-0.4, -0.2) is 48.7 Å². The molecule has 0 saturated carbocycles. The van der Waals surface area contributed by atoms with E-state index in [1.54, 1.807) is 24.8 Å². The fourth-order valence-corrected chi connectivity index (χ4v) is 6.88. The summed E-state index contributed by atoms with van der Waals surface area (Å²) < 4.78 is 33.6. The van der Waals surface area contributed by atoms with Gasteiger partial charge in [-0.1, -0.05) is 103 Å². The average molecular weight is 647 g/mol. The van der Waals surface area contributed by atoms with Crippen molar-refractivity contribution in [2.45, 2.75) is 37.1 Å². The van der Waals surface area contributed by atoms with Crippen molar-refractivity contribution in [1.82, 2.24) is 9.55 Å². The molecule has 7 rings (SSSR count). The van der Waals surface area contributed by atoms with Gasteiger partial charge in [0.25, 0.3) is 5.56 Å². The summed E-state index contributed by atoms with van der Waals surface area (Å²) >= 11 is 0. The van der Waals surface area contributed by atoms with Crippen LogP contribution in [0.1, 0.15) is 40.1 Å². The van der Waals surface area contributed by atoms with Crippen molar-refractivity contribution in [3.63, 3.8) is 0 Å². The first-order chi connectivity index (χ1) is 23.5. The molecule has 4 aromatic carbocycles. The molecule has 1 aromatic heterocycles. The van der Waals surface area contributed by atoms with Crippen molar-refractivity contribution in [2.24, 2.45) is 5.92 Å². The Labute approximate surface area is 278 Å². The number of nitrogens with one attached hydrogen (secondary N) is 1. The normalized spacial score (nSPS) is 22.5. The summed E-state index contributed by atoms with van der Waals surface area (Å²) in [6, 6.07) is 37.4. The summed E-state index contributed by atoms with van der Waals surface area (Å²) in [5.41, 5.74) is 2.13. The first kappa shape index (κ1) is 31.8. The van der Waals surface area contributed by atoms with Crippen molar-refractivity contribution in [3.8, 4) is 5.75 Å². The van der Waals surface area contributed by atoms with Crippen LogP contribution in [0.25, 0.3) is 0 Å². The maximum absolute atomic E-state index is 13.3. The number of aryl methyl sites for hydroxylation is 1.